The van der Waals surface area contributed by atoms with Gasteiger partial charge in [0.2, 0.25) is 5.76 Å². The second kappa shape index (κ2) is 5.54. The van der Waals surface area contributed by atoms with Crippen molar-refractivity contribution < 1.29 is 8.94 Å². The Kier molecular flexibility index (Phi) is 3.42. The fraction of sp³-hybridized carbons (Fsp3) is 0.133. The van der Waals surface area contributed by atoms with Crippen molar-refractivity contribution in [1.29, 1.82) is 0 Å². The quantitative estimate of drug-likeness (QED) is 0.759. The smallest absolute Gasteiger partial charge is 0.202 e. The first-order valence-corrected chi connectivity index (χ1v) is 6.16. The van der Waals surface area contributed by atoms with E-state index in [0.29, 0.717) is 18.1 Å². The van der Waals surface area contributed by atoms with Gasteiger partial charge in [0.25, 0.3) is 0 Å². The van der Waals surface area contributed by atoms with Gasteiger partial charge in [-0.05, 0) is 17.7 Å². The van der Waals surface area contributed by atoms with Gasteiger partial charge in [0.15, 0.2) is 5.76 Å². The summed E-state index contributed by atoms with van der Waals surface area (Å²) in [6.07, 6.45) is 1.62. The number of furan rings is 1. The number of aromatic nitrogens is 1. The lowest BCUT2D eigenvalue weighted by atomic mass is 10.2. The predicted molar refractivity (Wildman–Crippen MR) is 71.2 cm³/mol. The van der Waals surface area contributed by atoms with E-state index in [1.54, 1.807) is 6.26 Å². The molecule has 0 radical (unpaired) electrons. The Morgan fingerprint density at radius 1 is 0.947 bits per heavy atom. The van der Waals surface area contributed by atoms with Crippen LogP contribution in [0.1, 0.15) is 11.3 Å². The third kappa shape index (κ3) is 2.92. The largest absolute Gasteiger partial charge is 0.461 e. The average Bonchev–Trinajstić information content (AvgIpc) is 3.10. The monoisotopic (exact) mass is 254 g/mol. The van der Waals surface area contributed by atoms with Crippen LogP contribution in [0.25, 0.3) is 11.5 Å². The SMILES string of the molecule is c1ccc(CNCc2cc(-c3ccco3)on2)cc1. The highest BCUT2D eigenvalue weighted by molar-refractivity contribution is 5.49. The fourth-order valence-electron chi connectivity index (χ4n) is 1.86. The summed E-state index contributed by atoms with van der Waals surface area (Å²) >= 11 is 0. The number of rotatable bonds is 5. The van der Waals surface area contributed by atoms with Crippen LogP contribution < -0.4 is 5.32 Å². The second-order valence-electron chi connectivity index (χ2n) is 4.25. The van der Waals surface area contributed by atoms with E-state index in [4.69, 9.17) is 8.94 Å². The van der Waals surface area contributed by atoms with E-state index in [2.05, 4.69) is 22.6 Å². The molecule has 4 heteroatoms. The van der Waals surface area contributed by atoms with Crippen LogP contribution in [0.3, 0.4) is 0 Å². The normalized spacial score (nSPS) is 10.7. The molecule has 1 aromatic carbocycles. The number of benzene rings is 1. The highest BCUT2D eigenvalue weighted by Gasteiger charge is 2.08. The van der Waals surface area contributed by atoms with Crippen LogP contribution >= 0.6 is 0 Å². The molecule has 0 atom stereocenters. The van der Waals surface area contributed by atoms with Gasteiger partial charge in [0, 0.05) is 19.2 Å². The van der Waals surface area contributed by atoms with Crippen molar-refractivity contribution in [2.75, 3.05) is 0 Å². The third-order valence-corrected chi connectivity index (χ3v) is 2.80. The second-order valence-corrected chi connectivity index (χ2v) is 4.25. The summed E-state index contributed by atoms with van der Waals surface area (Å²) < 4.78 is 10.5. The van der Waals surface area contributed by atoms with Crippen LogP contribution in [0.2, 0.25) is 0 Å². The molecule has 1 N–H and O–H groups in total. The van der Waals surface area contributed by atoms with Gasteiger partial charge in [-0.15, -0.1) is 0 Å². The number of hydrogen-bond donors (Lipinski definition) is 1. The molecule has 0 fully saturated rings. The topological polar surface area (TPSA) is 51.2 Å². The Morgan fingerprint density at radius 2 is 1.84 bits per heavy atom. The minimum atomic E-state index is 0.654. The van der Waals surface area contributed by atoms with Crippen LogP contribution in [0.5, 0.6) is 0 Å². The standard InChI is InChI=1S/C15H14N2O2/c1-2-5-12(6-3-1)10-16-11-13-9-15(19-17-13)14-7-4-8-18-14/h1-9,16H,10-11H2. The molecular weight excluding hydrogens is 240 g/mol. The summed E-state index contributed by atoms with van der Waals surface area (Å²) in [5.41, 5.74) is 2.11. The highest BCUT2D eigenvalue weighted by atomic mass is 16.5. The molecule has 0 bridgehead atoms. The van der Waals surface area contributed by atoms with Gasteiger partial charge >= 0.3 is 0 Å². The van der Waals surface area contributed by atoms with Crippen LogP contribution in [-0.2, 0) is 13.1 Å². The Morgan fingerprint density at radius 3 is 2.63 bits per heavy atom. The third-order valence-electron chi connectivity index (χ3n) is 2.80. The molecule has 0 amide bonds. The first-order valence-electron chi connectivity index (χ1n) is 6.16. The summed E-state index contributed by atoms with van der Waals surface area (Å²) in [5.74, 6) is 1.35. The van der Waals surface area contributed by atoms with Crippen LogP contribution in [0.15, 0.2) is 63.7 Å². The van der Waals surface area contributed by atoms with Gasteiger partial charge < -0.3 is 14.3 Å². The molecule has 0 aliphatic rings. The van der Waals surface area contributed by atoms with Gasteiger partial charge in [-0.1, -0.05) is 35.5 Å². The molecule has 0 saturated carbocycles. The zero-order valence-corrected chi connectivity index (χ0v) is 10.4. The molecule has 0 saturated heterocycles. The van der Waals surface area contributed by atoms with E-state index in [1.807, 2.05) is 36.4 Å². The van der Waals surface area contributed by atoms with Gasteiger partial charge in [-0.2, -0.15) is 0 Å². The molecule has 0 aliphatic heterocycles. The molecule has 0 aliphatic carbocycles. The summed E-state index contributed by atoms with van der Waals surface area (Å²) in [4.78, 5) is 0. The summed E-state index contributed by atoms with van der Waals surface area (Å²) in [7, 11) is 0. The minimum absolute atomic E-state index is 0.654. The molecule has 0 unspecified atom stereocenters. The zero-order chi connectivity index (χ0) is 12.9. The van der Waals surface area contributed by atoms with E-state index >= 15 is 0 Å². The summed E-state index contributed by atoms with van der Waals surface area (Å²) in [5, 5.41) is 7.33. The minimum Gasteiger partial charge on any atom is -0.461 e. The lowest BCUT2D eigenvalue weighted by molar-refractivity contribution is 0.407. The molecule has 4 nitrogen and oxygen atoms in total. The molecule has 19 heavy (non-hydrogen) atoms. The number of nitrogens with zero attached hydrogens (tertiary/aromatic N) is 1. The first-order chi connectivity index (χ1) is 9.42. The molecule has 96 valence electrons. The van der Waals surface area contributed by atoms with Gasteiger partial charge in [-0.3, -0.25) is 0 Å². The van der Waals surface area contributed by atoms with Crippen LogP contribution in [0.4, 0.5) is 0 Å². The predicted octanol–water partition coefficient (Wildman–Crippen LogP) is 3.22. The Balaban J connectivity index is 1.56. The van der Waals surface area contributed by atoms with Crippen LogP contribution in [-0.4, -0.2) is 5.16 Å². The van der Waals surface area contributed by atoms with Gasteiger partial charge in [0.05, 0.1) is 12.0 Å². The fourth-order valence-corrected chi connectivity index (χ4v) is 1.86. The van der Waals surface area contributed by atoms with Crippen molar-refractivity contribution in [1.82, 2.24) is 10.5 Å². The van der Waals surface area contributed by atoms with E-state index in [9.17, 15) is 0 Å². The average molecular weight is 254 g/mol. The summed E-state index contributed by atoms with van der Waals surface area (Å²) in [6.45, 7) is 1.48. The maximum atomic E-state index is 5.25. The van der Waals surface area contributed by atoms with Crippen molar-refractivity contribution in [3.05, 3.63) is 66.1 Å². The van der Waals surface area contributed by atoms with Gasteiger partial charge in [0.1, 0.15) is 0 Å². The van der Waals surface area contributed by atoms with Gasteiger partial charge in [-0.25, -0.2) is 0 Å². The number of nitrogens with one attached hydrogen (secondary N) is 1. The van der Waals surface area contributed by atoms with Crippen molar-refractivity contribution >= 4 is 0 Å². The number of hydrogen-bond acceptors (Lipinski definition) is 4. The molecule has 2 heterocycles. The maximum Gasteiger partial charge on any atom is 0.202 e. The molecular formula is C15H14N2O2. The molecule has 0 spiro atoms. The van der Waals surface area contributed by atoms with E-state index in [-0.39, 0.29) is 0 Å². The Hall–Kier alpha value is -2.33. The molecule has 3 aromatic rings. The van der Waals surface area contributed by atoms with Crippen molar-refractivity contribution in [3.63, 3.8) is 0 Å². The van der Waals surface area contributed by atoms with Crippen molar-refractivity contribution in [2.24, 2.45) is 0 Å². The molecule has 2 aromatic heterocycles. The summed E-state index contributed by atoms with van der Waals surface area (Å²) in [6, 6.07) is 15.8. The van der Waals surface area contributed by atoms with E-state index in [0.717, 1.165) is 12.2 Å². The lowest BCUT2D eigenvalue weighted by Crippen LogP contribution is -2.12. The molecule has 3 rings (SSSR count). The maximum absolute atomic E-state index is 5.25. The Bertz CT molecular complexity index is 615. The zero-order valence-electron chi connectivity index (χ0n) is 10.4. The van der Waals surface area contributed by atoms with E-state index in [1.165, 1.54) is 5.56 Å². The van der Waals surface area contributed by atoms with E-state index < -0.39 is 0 Å². The van der Waals surface area contributed by atoms with Crippen LogP contribution in [0, 0.1) is 0 Å². The van der Waals surface area contributed by atoms with Crippen molar-refractivity contribution in [3.8, 4) is 11.5 Å². The first kappa shape index (κ1) is 11.7. The Labute approximate surface area is 111 Å². The lowest BCUT2D eigenvalue weighted by Gasteiger charge is -2.01. The van der Waals surface area contributed by atoms with Crippen molar-refractivity contribution in [2.45, 2.75) is 13.1 Å². The highest BCUT2D eigenvalue weighted by Crippen LogP contribution is 2.20.